The number of nitrogens with zero attached hydrogens (tertiary/aromatic N) is 1. The first-order valence-corrected chi connectivity index (χ1v) is 8.77. The summed E-state index contributed by atoms with van der Waals surface area (Å²) >= 11 is 5.92. The van der Waals surface area contributed by atoms with Crippen LogP contribution in [0, 0.1) is 6.92 Å². The van der Waals surface area contributed by atoms with E-state index in [4.69, 9.17) is 11.6 Å². The molecule has 136 valence electrons. The number of amides is 2. The highest BCUT2D eigenvalue weighted by atomic mass is 35.5. The lowest BCUT2D eigenvalue weighted by atomic mass is 10.1. The molecule has 0 spiro atoms. The molecule has 0 unspecified atom stereocenters. The van der Waals surface area contributed by atoms with Crippen molar-refractivity contribution in [2.75, 3.05) is 5.32 Å². The summed E-state index contributed by atoms with van der Waals surface area (Å²) in [7, 11) is 0. The number of halogens is 1. The molecule has 2 N–H and O–H groups in total. The van der Waals surface area contributed by atoms with Crippen molar-refractivity contribution in [2.24, 2.45) is 0 Å². The van der Waals surface area contributed by atoms with Gasteiger partial charge in [-0.25, -0.2) is 4.98 Å². The summed E-state index contributed by atoms with van der Waals surface area (Å²) in [6, 6.07) is 19.4. The van der Waals surface area contributed by atoms with Crippen LogP contribution in [0.1, 0.15) is 32.1 Å². The summed E-state index contributed by atoms with van der Waals surface area (Å²) in [6.07, 6.45) is 0. The van der Waals surface area contributed by atoms with Crippen LogP contribution >= 0.6 is 11.6 Å². The molecular weight excluding hydrogens is 362 g/mol. The number of carbonyl (C=O) groups excluding carboxylic acids is 2. The molecule has 0 bridgehead atoms. The van der Waals surface area contributed by atoms with Gasteiger partial charge in [-0.15, -0.1) is 0 Å². The maximum atomic E-state index is 12.4. The van der Waals surface area contributed by atoms with Gasteiger partial charge in [0.2, 0.25) is 0 Å². The topological polar surface area (TPSA) is 71.1 Å². The minimum atomic E-state index is -0.411. The van der Waals surface area contributed by atoms with Crippen LogP contribution in [0.25, 0.3) is 0 Å². The number of hydrogen-bond acceptors (Lipinski definition) is 3. The molecular formula is C21H18ClN3O2. The van der Waals surface area contributed by atoms with E-state index in [0.717, 1.165) is 11.1 Å². The Bertz CT molecular complexity index is 988. The lowest BCUT2D eigenvalue weighted by molar-refractivity contribution is 0.0945. The van der Waals surface area contributed by atoms with Crippen molar-refractivity contribution in [1.82, 2.24) is 10.3 Å². The third-order valence-electron chi connectivity index (χ3n) is 3.83. The first-order chi connectivity index (χ1) is 13.0. The monoisotopic (exact) mass is 379 g/mol. The van der Waals surface area contributed by atoms with E-state index in [2.05, 4.69) is 15.6 Å². The summed E-state index contributed by atoms with van der Waals surface area (Å²) in [5.41, 5.74) is 3.01. The van der Waals surface area contributed by atoms with E-state index in [-0.39, 0.29) is 17.3 Å². The van der Waals surface area contributed by atoms with E-state index in [1.807, 2.05) is 31.2 Å². The number of nitrogens with one attached hydrogen (secondary N) is 2. The quantitative estimate of drug-likeness (QED) is 0.697. The number of aryl methyl sites for hydroxylation is 1. The van der Waals surface area contributed by atoms with Crippen LogP contribution in [-0.4, -0.2) is 16.8 Å². The minimum absolute atomic E-state index is 0.151. The predicted molar refractivity (Wildman–Crippen MR) is 106 cm³/mol. The normalized spacial score (nSPS) is 10.3. The summed E-state index contributed by atoms with van der Waals surface area (Å²) in [4.78, 5) is 28.9. The van der Waals surface area contributed by atoms with Crippen molar-refractivity contribution in [3.05, 3.63) is 94.3 Å². The molecule has 6 heteroatoms. The number of aromatic nitrogens is 1. The number of rotatable bonds is 5. The molecule has 0 saturated carbocycles. The third-order valence-corrected chi connectivity index (χ3v) is 4.07. The maximum absolute atomic E-state index is 12.4. The molecule has 1 heterocycles. The standard InChI is InChI=1S/C21H18ClN3O2/c1-14-5-2-6-15(11-14)13-23-20(26)18-9-4-10-19(25-18)21(27)24-17-8-3-7-16(22)12-17/h2-12H,13H2,1H3,(H,23,26)(H,24,27). The predicted octanol–water partition coefficient (Wildman–Crippen LogP) is 4.23. The Morgan fingerprint density at radius 3 is 2.37 bits per heavy atom. The van der Waals surface area contributed by atoms with Gasteiger partial charge >= 0.3 is 0 Å². The van der Waals surface area contributed by atoms with Crippen LogP contribution < -0.4 is 10.6 Å². The lowest BCUT2D eigenvalue weighted by Crippen LogP contribution is -2.25. The van der Waals surface area contributed by atoms with E-state index in [9.17, 15) is 9.59 Å². The zero-order valence-corrected chi connectivity index (χ0v) is 15.5. The van der Waals surface area contributed by atoms with E-state index in [1.165, 1.54) is 0 Å². The first kappa shape index (κ1) is 18.6. The fourth-order valence-corrected chi connectivity index (χ4v) is 2.73. The Morgan fingerprint density at radius 1 is 0.926 bits per heavy atom. The second kappa shape index (κ2) is 8.47. The number of benzene rings is 2. The number of carbonyl (C=O) groups is 2. The molecule has 2 aromatic carbocycles. The van der Waals surface area contributed by atoms with Crippen LogP contribution in [0.15, 0.2) is 66.7 Å². The molecule has 1 aromatic heterocycles. The average Bonchev–Trinajstić information content (AvgIpc) is 2.66. The van der Waals surface area contributed by atoms with Crippen LogP contribution in [-0.2, 0) is 6.54 Å². The fraction of sp³-hybridized carbons (Fsp3) is 0.0952. The molecule has 0 radical (unpaired) electrons. The van der Waals surface area contributed by atoms with Crippen molar-refractivity contribution < 1.29 is 9.59 Å². The molecule has 0 aliphatic heterocycles. The maximum Gasteiger partial charge on any atom is 0.274 e. The van der Waals surface area contributed by atoms with Gasteiger partial charge in [0.05, 0.1) is 0 Å². The number of pyridine rings is 1. The Morgan fingerprint density at radius 2 is 1.63 bits per heavy atom. The van der Waals surface area contributed by atoms with Crippen molar-refractivity contribution >= 4 is 29.1 Å². The van der Waals surface area contributed by atoms with E-state index >= 15 is 0 Å². The van der Waals surface area contributed by atoms with Crippen LogP contribution in [0.4, 0.5) is 5.69 Å². The van der Waals surface area contributed by atoms with Gasteiger partial charge in [-0.1, -0.05) is 53.6 Å². The van der Waals surface area contributed by atoms with Gasteiger partial charge < -0.3 is 10.6 Å². The Balaban J connectivity index is 1.67. The lowest BCUT2D eigenvalue weighted by Gasteiger charge is -2.08. The molecule has 3 rings (SSSR count). The van der Waals surface area contributed by atoms with Gasteiger partial charge in [-0.05, 0) is 42.8 Å². The van der Waals surface area contributed by atoms with E-state index in [1.54, 1.807) is 42.5 Å². The van der Waals surface area contributed by atoms with Crippen LogP contribution in [0.2, 0.25) is 5.02 Å². The van der Waals surface area contributed by atoms with E-state index in [0.29, 0.717) is 17.3 Å². The summed E-state index contributed by atoms with van der Waals surface area (Å²) in [6.45, 7) is 2.38. The summed E-state index contributed by atoms with van der Waals surface area (Å²) in [5, 5.41) is 6.05. The first-order valence-electron chi connectivity index (χ1n) is 8.39. The molecule has 0 saturated heterocycles. The Labute approximate surface area is 162 Å². The van der Waals surface area contributed by atoms with Gasteiger partial charge in [0.1, 0.15) is 11.4 Å². The van der Waals surface area contributed by atoms with Crippen molar-refractivity contribution in [2.45, 2.75) is 13.5 Å². The molecule has 3 aromatic rings. The molecule has 5 nitrogen and oxygen atoms in total. The number of hydrogen-bond donors (Lipinski definition) is 2. The zero-order chi connectivity index (χ0) is 19.2. The van der Waals surface area contributed by atoms with Crippen molar-refractivity contribution in [1.29, 1.82) is 0 Å². The molecule has 0 atom stereocenters. The van der Waals surface area contributed by atoms with Gasteiger partial charge in [-0.3, -0.25) is 9.59 Å². The van der Waals surface area contributed by atoms with E-state index < -0.39 is 5.91 Å². The fourth-order valence-electron chi connectivity index (χ4n) is 2.54. The highest BCUT2D eigenvalue weighted by Gasteiger charge is 2.12. The van der Waals surface area contributed by atoms with Gasteiger partial charge in [0.15, 0.2) is 0 Å². The highest BCUT2D eigenvalue weighted by Crippen LogP contribution is 2.15. The summed E-state index contributed by atoms with van der Waals surface area (Å²) in [5.74, 6) is -0.750. The third kappa shape index (κ3) is 5.15. The molecule has 2 amide bonds. The smallest absolute Gasteiger partial charge is 0.274 e. The SMILES string of the molecule is Cc1cccc(CNC(=O)c2cccc(C(=O)Nc3cccc(Cl)c3)n2)c1. The van der Waals surface area contributed by atoms with Gasteiger partial charge in [-0.2, -0.15) is 0 Å². The zero-order valence-electron chi connectivity index (χ0n) is 14.7. The average molecular weight is 380 g/mol. The second-order valence-electron chi connectivity index (χ2n) is 6.04. The largest absolute Gasteiger partial charge is 0.347 e. The molecule has 0 aliphatic rings. The Kier molecular flexibility index (Phi) is 5.84. The molecule has 0 fully saturated rings. The molecule has 27 heavy (non-hydrogen) atoms. The van der Waals surface area contributed by atoms with Gasteiger partial charge in [0.25, 0.3) is 11.8 Å². The molecule has 0 aliphatic carbocycles. The Hall–Kier alpha value is -3.18. The van der Waals surface area contributed by atoms with Crippen LogP contribution in [0.5, 0.6) is 0 Å². The van der Waals surface area contributed by atoms with Crippen molar-refractivity contribution in [3.8, 4) is 0 Å². The highest BCUT2D eigenvalue weighted by molar-refractivity contribution is 6.30. The van der Waals surface area contributed by atoms with Crippen LogP contribution in [0.3, 0.4) is 0 Å². The second-order valence-corrected chi connectivity index (χ2v) is 6.48. The number of anilines is 1. The summed E-state index contributed by atoms with van der Waals surface area (Å²) < 4.78 is 0. The van der Waals surface area contributed by atoms with Gasteiger partial charge in [0, 0.05) is 17.3 Å². The van der Waals surface area contributed by atoms with Crippen molar-refractivity contribution in [3.63, 3.8) is 0 Å². The minimum Gasteiger partial charge on any atom is -0.347 e.